The smallest absolute Gasteiger partial charge is 0.292 e. The molecule has 0 heterocycles. The number of anilines is 1. The Balaban J connectivity index is 0.00000625. The van der Waals surface area contributed by atoms with Gasteiger partial charge in [-0.25, -0.2) is 0 Å². The topological polar surface area (TPSA) is 101 Å². The number of nitro groups is 1. The van der Waals surface area contributed by atoms with Gasteiger partial charge in [0.05, 0.1) is 4.92 Å². The van der Waals surface area contributed by atoms with Crippen LogP contribution in [0.1, 0.15) is 26.2 Å². The molecule has 0 unspecified atom stereocenters. The lowest BCUT2D eigenvalue weighted by molar-refractivity contribution is -0.384. The maximum Gasteiger partial charge on any atom is 0.292 e. The maximum atomic E-state index is 10.9. The van der Waals surface area contributed by atoms with Crippen LogP contribution in [-0.4, -0.2) is 50.8 Å². The average molecular weight is 479 g/mol. The van der Waals surface area contributed by atoms with Crippen molar-refractivity contribution in [3.8, 4) is 0 Å². The first-order valence-electron chi connectivity index (χ1n) is 8.68. The highest BCUT2D eigenvalue weighted by atomic mass is 127. The Labute approximate surface area is 172 Å². The molecule has 1 aromatic carbocycles. The molecule has 0 bridgehead atoms. The first-order valence-corrected chi connectivity index (χ1v) is 8.68. The second-order valence-corrected chi connectivity index (χ2v) is 5.45. The Morgan fingerprint density at radius 2 is 1.85 bits per heavy atom. The zero-order chi connectivity index (χ0) is 18.3. The molecule has 26 heavy (non-hydrogen) atoms. The number of para-hydroxylation sites is 2. The Kier molecular flexibility index (Phi) is 14.6. The predicted molar refractivity (Wildman–Crippen MR) is 117 cm³/mol. The summed E-state index contributed by atoms with van der Waals surface area (Å²) >= 11 is 0. The molecule has 8 nitrogen and oxygen atoms in total. The number of guanidine groups is 1. The Hall–Kier alpha value is -1.62. The minimum absolute atomic E-state index is 0. The van der Waals surface area contributed by atoms with Crippen molar-refractivity contribution in [2.24, 2.45) is 4.99 Å². The van der Waals surface area contributed by atoms with E-state index < -0.39 is 4.92 Å². The third-order valence-corrected chi connectivity index (χ3v) is 3.46. The molecule has 0 aromatic heterocycles. The third kappa shape index (κ3) is 10.4. The molecular formula is C17H30IN5O3. The monoisotopic (exact) mass is 479 g/mol. The Morgan fingerprint density at radius 3 is 2.54 bits per heavy atom. The highest BCUT2D eigenvalue weighted by molar-refractivity contribution is 14.0. The first-order chi connectivity index (χ1) is 12.2. The SMILES string of the molecule is CCCCOCCCNC(=NC)NCCNc1ccccc1[N+](=O)[O-].I. The summed E-state index contributed by atoms with van der Waals surface area (Å²) in [6, 6.07) is 6.60. The number of nitro benzene ring substituents is 1. The lowest BCUT2D eigenvalue weighted by Gasteiger charge is -2.13. The molecule has 0 spiro atoms. The molecular weight excluding hydrogens is 449 g/mol. The van der Waals surface area contributed by atoms with Crippen molar-refractivity contribution in [3.05, 3.63) is 34.4 Å². The van der Waals surface area contributed by atoms with Gasteiger partial charge in [0.15, 0.2) is 5.96 Å². The molecule has 0 aliphatic carbocycles. The van der Waals surface area contributed by atoms with E-state index >= 15 is 0 Å². The molecule has 0 saturated carbocycles. The number of rotatable bonds is 12. The summed E-state index contributed by atoms with van der Waals surface area (Å²) in [6.07, 6.45) is 3.16. The van der Waals surface area contributed by atoms with Gasteiger partial charge in [0, 0.05) is 46.0 Å². The van der Waals surface area contributed by atoms with Crippen molar-refractivity contribution in [2.45, 2.75) is 26.2 Å². The molecule has 148 valence electrons. The van der Waals surface area contributed by atoms with Crippen molar-refractivity contribution in [3.63, 3.8) is 0 Å². The van der Waals surface area contributed by atoms with E-state index in [2.05, 4.69) is 27.9 Å². The van der Waals surface area contributed by atoms with E-state index in [0.717, 1.165) is 39.0 Å². The summed E-state index contributed by atoms with van der Waals surface area (Å²) in [5.74, 6) is 0.706. The van der Waals surface area contributed by atoms with Crippen molar-refractivity contribution in [1.29, 1.82) is 0 Å². The normalized spacial score (nSPS) is 10.8. The number of nitrogens with zero attached hydrogens (tertiary/aromatic N) is 2. The van der Waals surface area contributed by atoms with Gasteiger partial charge in [0.2, 0.25) is 0 Å². The van der Waals surface area contributed by atoms with Gasteiger partial charge in [-0.3, -0.25) is 15.1 Å². The number of unbranched alkanes of at least 4 members (excludes halogenated alkanes) is 1. The van der Waals surface area contributed by atoms with E-state index in [1.807, 2.05) is 0 Å². The van der Waals surface area contributed by atoms with Crippen molar-refractivity contribution < 1.29 is 9.66 Å². The van der Waals surface area contributed by atoms with Crippen LogP contribution in [-0.2, 0) is 4.74 Å². The van der Waals surface area contributed by atoms with E-state index in [0.29, 0.717) is 24.7 Å². The zero-order valence-corrected chi connectivity index (χ0v) is 17.8. The second-order valence-electron chi connectivity index (χ2n) is 5.45. The van der Waals surface area contributed by atoms with Gasteiger partial charge in [0.1, 0.15) is 5.69 Å². The van der Waals surface area contributed by atoms with Crippen LogP contribution in [0, 0.1) is 10.1 Å². The molecule has 0 aliphatic heterocycles. The fraction of sp³-hybridized carbons (Fsp3) is 0.588. The maximum absolute atomic E-state index is 10.9. The zero-order valence-electron chi connectivity index (χ0n) is 15.5. The largest absolute Gasteiger partial charge is 0.381 e. The highest BCUT2D eigenvalue weighted by Crippen LogP contribution is 2.22. The summed E-state index contributed by atoms with van der Waals surface area (Å²) in [7, 11) is 1.71. The minimum atomic E-state index is -0.390. The van der Waals surface area contributed by atoms with Crippen molar-refractivity contribution >= 4 is 41.3 Å². The van der Waals surface area contributed by atoms with E-state index in [9.17, 15) is 10.1 Å². The van der Waals surface area contributed by atoms with E-state index in [1.54, 1.807) is 25.2 Å². The number of ether oxygens (including phenoxy) is 1. The minimum Gasteiger partial charge on any atom is -0.381 e. The molecule has 0 saturated heterocycles. The fourth-order valence-electron chi connectivity index (χ4n) is 2.11. The Morgan fingerprint density at radius 1 is 1.15 bits per heavy atom. The molecule has 1 rings (SSSR count). The van der Waals surface area contributed by atoms with Crippen LogP contribution in [0.5, 0.6) is 0 Å². The lowest BCUT2D eigenvalue weighted by atomic mass is 10.2. The second kappa shape index (κ2) is 15.6. The third-order valence-electron chi connectivity index (χ3n) is 3.46. The van der Waals surface area contributed by atoms with Crippen LogP contribution in [0.25, 0.3) is 0 Å². The molecule has 0 radical (unpaired) electrons. The van der Waals surface area contributed by atoms with Crippen LogP contribution in [0.15, 0.2) is 29.3 Å². The van der Waals surface area contributed by atoms with Gasteiger partial charge in [-0.05, 0) is 18.9 Å². The molecule has 0 atom stereocenters. The van der Waals surface area contributed by atoms with Crippen LogP contribution in [0.2, 0.25) is 0 Å². The summed E-state index contributed by atoms with van der Waals surface area (Å²) in [4.78, 5) is 14.7. The Bertz CT molecular complexity index is 543. The van der Waals surface area contributed by atoms with Crippen LogP contribution < -0.4 is 16.0 Å². The van der Waals surface area contributed by atoms with Crippen LogP contribution >= 0.6 is 24.0 Å². The van der Waals surface area contributed by atoms with Crippen molar-refractivity contribution in [1.82, 2.24) is 10.6 Å². The fourth-order valence-corrected chi connectivity index (χ4v) is 2.11. The average Bonchev–Trinajstić information content (AvgIpc) is 2.62. The molecule has 0 aliphatic rings. The molecule has 9 heteroatoms. The number of hydrogen-bond donors (Lipinski definition) is 3. The number of halogens is 1. The van der Waals surface area contributed by atoms with Gasteiger partial charge >= 0.3 is 0 Å². The number of aliphatic imine (C=N–C) groups is 1. The van der Waals surface area contributed by atoms with Gasteiger partial charge in [-0.2, -0.15) is 0 Å². The van der Waals surface area contributed by atoms with Crippen molar-refractivity contribution in [2.75, 3.05) is 45.2 Å². The molecule has 3 N–H and O–H groups in total. The first kappa shape index (κ1) is 24.4. The predicted octanol–water partition coefficient (Wildman–Crippen LogP) is 3.00. The van der Waals surface area contributed by atoms with Gasteiger partial charge < -0.3 is 20.7 Å². The van der Waals surface area contributed by atoms with E-state index in [-0.39, 0.29) is 29.7 Å². The van der Waals surface area contributed by atoms with Gasteiger partial charge in [0.25, 0.3) is 5.69 Å². The summed E-state index contributed by atoms with van der Waals surface area (Å²) in [6.45, 7) is 5.63. The molecule has 1 aromatic rings. The van der Waals surface area contributed by atoms with E-state index in [1.165, 1.54) is 6.07 Å². The quantitative estimate of drug-likeness (QED) is 0.106. The van der Waals surface area contributed by atoms with Crippen LogP contribution in [0.4, 0.5) is 11.4 Å². The number of benzene rings is 1. The van der Waals surface area contributed by atoms with Gasteiger partial charge in [-0.1, -0.05) is 25.5 Å². The van der Waals surface area contributed by atoms with E-state index in [4.69, 9.17) is 4.74 Å². The number of hydrogen-bond acceptors (Lipinski definition) is 5. The molecule has 0 amide bonds. The highest BCUT2D eigenvalue weighted by Gasteiger charge is 2.11. The summed E-state index contributed by atoms with van der Waals surface area (Å²) in [5, 5.41) is 20.4. The molecule has 0 fully saturated rings. The van der Waals surface area contributed by atoms with Crippen LogP contribution in [0.3, 0.4) is 0 Å². The number of nitrogens with one attached hydrogen (secondary N) is 3. The summed E-state index contributed by atoms with van der Waals surface area (Å²) in [5.41, 5.74) is 0.592. The van der Waals surface area contributed by atoms with Gasteiger partial charge in [-0.15, -0.1) is 24.0 Å². The summed E-state index contributed by atoms with van der Waals surface area (Å²) < 4.78 is 5.50. The standard InChI is InChI=1S/C17H29N5O3.HI/c1-3-4-13-25-14-7-10-20-17(18-2)21-12-11-19-15-8-5-6-9-16(15)22(23)24;/h5-6,8-9,19H,3-4,7,10-14H2,1-2H3,(H2,18,20,21);1H. The lowest BCUT2D eigenvalue weighted by Crippen LogP contribution is -2.40.